The molecule has 3 unspecified atom stereocenters. The van der Waals surface area contributed by atoms with Crippen molar-refractivity contribution in [3.63, 3.8) is 0 Å². The quantitative estimate of drug-likeness (QED) is 0.908. The van der Waals surface area contributed by atoms with E-state index < -0.39 is 11.9 Å². The van der Waals surface area contributed by atoms with Crippen LogP contribution in [0.1, 0.15) is 55.7 Å². The number of carboxylic acids is 1. The Morgan fingerprint density at radius 2 is 2.12 bits per heavy atom. The minimum Gasteiger partial charge on any atom is -0.481 e. The van der Waals surface area contributed by atoms with Crippen LogP contribution in [0.5, 0.6) is 0 Å². The molecule has 0 aromatic carbocycles. The van der Waals surface area contributed by atoms with Crippen LogP contribution in [0.15, 0.2) is 12.3 Å². The van der Waals surface area contributed by atoms with Gasteiger partial charge in [-0.1, -0.05) is 13.8 Å². The molecule has 0 saturated carbocycles. The van der Waals surface area contributed by atoms with Gasteiger partial charge in [0.1, 0.15) is 0 Å². The predicted molar refractivity (Wildman–Crippen MR) is 98.1 cm³/mol. The second kappa shape index (κ2) is 7.05. The highest BCUT2D eigenvalue weighted by Gasteiger charge is 2.33. The SMILES string of the molecule is CCC(C)n1ncc2c(C(=O)N3CC(C)CC(C(=O)O)C3)cc(C)nc21. The van der Waals surface area contributed by atoms with Crippen molar-refractivity contribution in [2.24, 2.45) is 11.8 Å². The van der Waals surface area contributed by atoms with Gasteiger partial charge in [-0.05, 0) is 38.7 Å². The zero-order valence-electron chi connectivity index (χ0n) is 15.8. The number of piperidine rings is 1. The van der Waals surface area contributed by atoms with E-state index in [1.165, 1.54) is 0 Å². The van der Waals surface area contributed by atoms with Gasteiger partial charge in [-0.2, -0.15) is 5.10 Å². The van der Waals surface area contributed by atoms with Crippen LogP contribution in [0.2, 0.25) is 0 Å². The minimum absolute atomic E-state index is 0.137. The molecule has 3 atom stereocenters. The Balaban J connectivity index is 2.00. The third-order valence-corrected chi connectivity index (χ3v) is 5.23. The van der Waals surface area contributed by atoms with Gasteiger partial charge in [-0.25, -0.2) is 9.67 Å². The molecular weight excluding hydrogens is 332 g/mol. The Labute approximate surface area is 153 Å². The lowest BCUT2D eigenvalue weighted by Gasteiger charge is -2.34. The standard InChI is InChI=1S/C19H26N4O3/c1-5-13(4)23-17-16(8-20-23)15(7-12(3)21-17)18(24)22-9-11(2)6-14(10-22)19(25)26/h7-8,11,13-14H,5-6,9-10H2,1-4H3,(H,25,26). The van der Waals surface area contributed by atoms with Crippen molar-refractivity contribution in [2.45, 2.75) is 46.6 Å². The van der Waals surface area contributed by atoms with E-state index in [1.54, 1.807) is 17.2 Å². The first-order valence-electron chi connectivity index (χ1n) is 9.18. The molecule has 7 nitrogen and oxygen atoms in total. The zero-order valence-corrected chi connectivity index (χ0v) is 15.8. The molecule has 0 radical (unpaired) electrons. The summed E-state index contributed by atoms with van der Waals surface area (Å²) in [6.45, 7) is 8.83. The van der Waals surface area contributed by atoms with Crippen LogP contribution in [0.25, 0.3) is 11.0 Å². The fourth-order valence-electron chi connectivity index (χ4n) is 3.68. The number of amides is 1. The number of aromatic nitrogens is 3. The summed E-state index contributed by atoms with van der Waals surface area (Å²) in [5.74, 6) is -1.32. The fourth-order valence-corrected chi connectivity index (χ4v) is 3.68. The van der Waals surface area contributed by atoms with Gasteiger partial charge in [0.2, 0.25) is 0 Å². The lowest BCUT2D eigenvalue weighted by atomic mass is 9.90. The highest BCUT2D eigenvalue weighted by molar-refractivity contribution is 6.05. The summed E-state index contributed by atoms with van der Waals surface area (Å²) < 4.78 is 1.86. The summed E-state index contributed by atoms with van der Waals surface area (Å²) in [7, 11) is 0. The van der Waals surface area contributed by atoms with Crippen molar-refractivity contribution in [1.29, 1.82) is 0 Å². The van der Waals surface area contributed by atoms with Gasteiger partial charge in [0.05, 0.1) is 29.1 Å². The molecule has 1 fully saturated rings. The highest BCUT2D eigenvalue weighted by Crippen LogP contribution is 2.27. The first kappa shape index (κ1) is 18.4. The number of carbonyl (C=O) groups is 2. The molecule has 3 heterocycles. The number of carbonyl (C=O) groups excluding carboxylic acids is 1. The summed E-state index contributed by atoms with van der Waals surface area (Å²) in [5, 5.41) is 14.5. The van der Waals surface area contributed by atoms with E-state index in [9.17, 15) is 14.7 Å². The number of aliphatic carboxylic acids is 1. The van der Waals surface area contributed by atoms with E-state index in [1.807, 2.05) is 18.5 Å². The summed E-state index contributed by atoms with van der Waals surface area (Å²) in [6.07, 6.45) is 3.22. The zero-order chi connectivity index (χ0) is 19.0. The first-order chi connectivity index (χ1) is 12.3. The van der Waals surface area contributed by atoms with Gasteiger partial charge in [-0.15, -0.1) is 0 Å². The van der Waals surface area contributed by atoms with E-state index in [2.05, 4.69) is 23.9 Å². The Bertz CT molecular complexity index is 845. The molecule has 1 saturated heterocycles. The average Bonchev–Trinajstić information content (AvgIpc) is 3.02. The van der Waals surface area contributed by atoms with Gasteiger partial charge >= 0.3 is 5.97 Å². The van der Waals surface area contributed by atoms with Crippen LogP contribution < -0.4 is 0 Å². The molecule has 0 aliphatic carbocycles. The Hall–Kier alpha value is -2.44. The number of fused-ring (bicyclic) bond motifs is 1. The van der Waals surface area contributed by atoms with E-state index in [0.29, 0.717) is 24.2 Å². The van der Waals surface area contributed by atoms with Gasteiger partial charge in [0.25, 0.3) is 5.91 Å². The molecule has 140 valence electrons. The van der Waals surface area contributed by atoms with Crippen LogP contribution >= 0.6 is 0 Å². The summed E-state index contributed by atoms with van der Waals surface area (Å²) in [5.41, 5.74) is 2.02. The molecule has 2 aromatic heterocycles. The van der Waals surface area contributed by atoms with Crippen molar-refractivity contribution in [1.82, 2.24) is 19.7 Å². The normalized spacial score (nSPS) is 21.8. The van der Waals surface area contributed by atoms with Crippen LogP contribution in [0, 0.1) is 18.8 Å². The number of hydrogen-bond acceptors (Lipinski definition) is 4. The lowest BCUT2D eigenvalue weighted by molar-refractivity contribution is -0.143. The number of hydrogen-bond donors (Lipinski definition) is 1. The van der Waals surface area contributed by atoms with Crippen LogP contribution in [0.4, 0.5) is 0 Å². The summed E-state index contributed by atoms with van der Waals surface area (Å²) in [6, 6.07) is 1.97. The molecule has 3 rings (SSSR count). The predicted octanol–water partition coefficient (Wildman–Crippen LogP) is 2.89. The van der Waals surface area contributed by atoms with E-state index in [-0.39, 0.29) is 24.4 Å². The molecule has 1 amide bonds. The largest absolute Gasteiger partial charge is 0.481 e. The molecule has 0 spiro atoms. The number of aryl methyl sites for hydroxylation is 1. The minimum atomic E-state index is -0.838. The van der Waals surface area contributed by atoms with E-state index >= 15 is 0 Å². The van der Waals surface area contributed by atoms with Crippen molar-refractivity contribution in [3.05, 3.63) is 23.5 Å². The molecule has 1 N–H and O–H groups in total. The second-order valence-corrected chi connectivity index (χ2v) is 7.48. The Kier molecular flexibility index (Phi) is 4.98. The Morgan fingerprint density at radius 3 is 2.77 bits per heavy atom. The van der Waals surface area contributed by atoms with Crippen LogP contribution in [-0.2, 0) is 4.79 Å². The number of carboxylic acid groups (broad SMARTS) is 1. The fraction of sp³-hybridized carbons (Fsp3) is 0.579. The second-order valence-electron chi connectivity index (χ2n) is 7.48. The third kappa shape index (κ3) is 3.30. The smallest absolute Gasteiger partial charge is 0.308 e. The highest BCUT2D eigenvalue weighted by atomic mass is 16.4. The molecule has 0 bridgehead atoms. The van der Waals surface area contributed by atoms with Crippen LogP contribution in [0.3, 0.4) is 0 Å². The number of nitrogens with zero attached hydrogens (tertiary/aromatic N) is 4. The van der Waals surface area contributed by atoms with E-state index in [4.69, 9.17) is 0 Å². The number of likely N-dealkylation sites (tertiary alicyclic amines) is 1. The summed E-state index contributed by atoms with van der Waals surface area (Å²) >= 11 is 0. The maximum absolute atomic E-state index is 13.2. The van der Waals surface area contributed by atoms with Crippen molar-refractivity contribution >= 4 is 22.9 Å². The molecule has 1 aliphatic rings. The third-order valence-electron chi connectivity index (χ3n) is 5.23. The molecule has 7 heteroatoms. The van der Waals surface area contributed by atoms with Gasteiger partial charge < -0.3 is 10.0 Å². The van der Waals surface area contributed by atoms with Crippen LogP contribution in [-0.4, -0.2) is 49.7 Å². The van der Waals surface area contributed by atoms with Crippen molar-refractivity contribution < 1.29 is 14.7 Å². The molecule has 1 aliphatic heterocycles. The van der Waals surface area contributed by atoms with Crippen molar-refractivity contribution in [3.8, 4) is 0 Å². The van der Waals surface area contributed by atoms with Gasteiger partial charge in [0.15, 0.2) is 5.65 Å². The monoisotopic (exact) mass is 358 g/mol. The molecule has 26 heavy (non-hydrogen) atoms. The number of pyridine rings is 1. The average molecular weight is 358 g/mol. The summed E-state index contributed by atoms with van der Waals surface area (Å²) in [4.78, 5) is 30.9. The maximum Gasteiger partial charge on any atom is 0.308 e. The van der Waals surface area contributed by atoms with Gasteiger partial charge in [-0.3, -0.25) is 9.59 Å². The molecular formula is C19H26N4O3. The van der Waals surface area contributed by atoms with E-state index in [0.717, 1.165) is 17.5 Å². The lowest BCUT2D eigenvalue weighted by Crippen LogP contribution is -2.45. The Morgan fingerprint density at radius 1 is 1.38 bits per heavy atom. The maximum atomic E-state index is 13.2. The first-order valence-corrected chi connectivity index (χ1v) is 9.18. The topological polar surface area (TPSA) is 88.3 Å². The van der Waals surface area contributed by atoms with Gasteiger partial charge in [0, 0.05) is 18.8 Å². The van der Waals surface area contributed by atoms with Crippen molar-refractivity contribution in [2.75, 3.05) is 13.1 Å². The number of rotatable bonds is 4. The molecule has 2 aromatic rings.